The van der Waals surface area contributed by atoms with Crippen molar-refractivity contribution in [2.45, 2.75) is 47.5 Å². The number of carbonyl (C=O) groups excluding carboxylic acids is 1. The van der Waals surface area contributed by atoms with Crippen LogP contribution in [0.1, 0.15) is 47.5 Å². The second-order valence-corrected chi connectivity index (χ2v) is 5.26. The van der Waals surface area contributed by atoms with E-state index >= 15 is 0 Å². The second-order valence-electron chi connectivity index (χ2n) is 5.26. The summed E-state index contributed by atoms with van der Waals surface area (Å²) >= 11 is 0. The van der Waals surface area contributed by atoms with E-state index in [1.807, 2.05) is 0 Å². The average molecular weight is 185 g/mol. The van der Waals surface area contributed by atoms with Gasteiger partial charge in [-0.05, 0) is 17.8 Å². The van der Waals surface area contributed by atoms with Gasteiger partial charge in [-0.3, -0.25) is 4.79 Å². The summed E-state index contributed by atoms with van der Waals surface area (Å²) < 4.78 is 0. The fraction of sp³-hybridized carbons (Fsp3) is 0.909. The van der Waals surface area contributed by atoms with Crippen molar-refractivity contribution in [3.8, 4) is 0 Å². The Morgan fingerprint density at radius 2 is 1.85 bits per heavy atom. The molecule has 0 aliphatic rings. The summed E-state index contributed by atoms with van der Waals surface area (Å²) in [4.78, 5) is 11.2. The molecular formula is C11H23NO. The number of carbonyl (C=O) groups is 1. The molecule has 2 nitrogen and oxygen atoms in total. The normalized spacial score (nSPS) is 11.8. The summed E-state index contributed by atoms with van der Waals surface area (Å²) in [5.41, 5.74) is 0.311. The van der Waals surface area contributed by atoms with Gasteiger partial charge in [0.2, 0.25) is 5.91 Å². The molecule has 0 saturated heterocycles. The van der Waals surface area contributed by atoms with Crippen molar-refractivity contribution in [2.24, 2.45) is 11.3 Å². The highest BCUT2D eigenvalue weighted by Crippen LogP contribution is 2.16. The van der Waals surface area contributed by atoms with Gasteiger partial charge >= 0.3 is 0 Å². The fourth-order valence-corrected chi connectivity index (χ4v) is 1.02. The first-order valence-electron chi connectivity index (χ1n) is 5.08. The van der Waals surface area contributed by atoms with Crippen LogP contribution >= 0.6 is 0 Å². The lowest BCUT2D eigenvalue weighted by Gasteiger charge is -2.18. The minimum atomic E-state index is 0.180. The molecule has 2 heteroatoms. The van der Waals surface area contributed by atoms with Gasteiger partial charge in [0.1, 0.15) is 0 Å². The number of hydrogen-bond acceptors (Lipinski definition) is 1. The van der Waals surface area contributed by atoms with Crippen molar-refractivity contribution in [1.29, 1.82) is 0 Å². The molecule has 1 N–H and O–H groups in total. The molecule has 0 aliphatic heterocycles. The van der Waals surface area contributed by atoms with Gasteiger partial charge < -0.3 is 5.32 Å². The molecule has 0 fully saturated rings. The number of rotatable bonds is 4. The maximum absolute atomic E-state index is 11.2. The van der Waals surface area contributed by atoms with E-state index in [-0.39, 0.29) is 5.91 Å². The molecule has 0 heterocycles. The van der Waals surface area contributed by atoms with Gasteiger partial charge in [-0.15, -0.1) is 0 Å². The second kappa shape index (κ2) is 5.25. The molecule has 0 aromatic rings. The third-order valence-corrected chi connectivity index (χ3v) is 1.79. The van der Waals surface area contributed by atoms with E-state index in [1.165, 1.54) is 0 Å². The zero-order chi connectivity index (χ0) is 10.5. The van der Waals surface area contributed by atoms with Crippen molar-refractivity contribution < 1.29 is 4.79 Å². The SMILES string of the molecule is CC(C)CC(=O)NCCC(C)(C)C. The van der Waals surface area contributed by atoms with E-state index in [0.29, 0.717) is 17.8 Å². The Balaban J connectivity index is 3.49. The molecule has 13 heavy (non-hydrogen) atoms. The smallest absolute Gasteiger partial charge is 0.220 e. The zero-order valence-electron chi connectivity index (χ0n) is 9.61. The summed E-state index contributed by atoms with van der Waals surface area (Å²) in [6.45, 7) is 11.5. The first-order valence-corrected chi connectivity index (χ1v) is 5.08. The van der Waals surface area contributed by atoms with Gasteiger partial charge in [-0.25, -0.2) is 0 Å². The van der Waals surface area contributed by atoms with Crippen LogP contribution in [0.25, 0.3) is 0 Å². The largest absolute Gasteiger partial charge is 0.356 e. The summed E-state index contributed by atoms with van der Waals surface area (Å²) in [5.74, 6) is 0.633. The Bertz CT molecular complexity index is 156. The van der Waals surface area contributed by atoms with Crippen LogP contribution in [-0.4, -0.2) is 12.5 Å². The Labute approximate surface area is 82.1 Å². The molecule has 0 aromatic heterocycles. The third kappa shape index (κ3) is 9.38. The molecular weight excluding hydrogens is 162 g/mol. The Hall–Kier alpha value is -0.530. The summed E-state index contributed by atoms with van der Waals surface area (Å²) in [6.07, 6.45) is 1.68. The van der Waals surface area contributed by atoms with E-state index in [4.69, 9.17) is 0 Å². The molecule has 1 amide bonds. The van der Waals surface area contributed by atoms with Crippen molar-refractivity contribution in [3.05, 3.63) is 0 Å². The van der Waals surface area contributed by atoms with Gasteiger partial charge in [0.15, 0.2) is 0 Å². The van der Waals surface area contributed by atoms with Crippen molar-refractivity contribution in [2.75, 3.05) is 6.54 Å². The summed E-state index contributed by atoms with van der Waals surface area (Å²) in [6, 6.07) is 0. The Kier molecular flexibility index (Phi) is 5.04. The average Bonchev–Trinajstić information content (AvgIpc) is 1.81. The maximum atomic E-state index is 11.2. The maximum Gasteiger partial charge on any atom is 0.220 e. The molecule has 0 rings (SSSR count). The van der Waals surface area contributed by atoms with E-state index < -0.39 is 0 Å². The summed E-state index contributed by atoms with van der Waals surface area (Å²) in [5, 5.41) is 2.93. The van der Waals surface area contributed by atoms with Crippen LogP contribution in [0.15, 0.2) is 0 Å². The van der Waals surface area contributed by atoms with Gasteiger partial charge in [-0.2, -0.15) is 0 Å². The monoisotopic (exact) mass is 185 g/mol. The summed E-state index contributed by atoms with van der Waals surface area (Å²) in [7, 11) is 0. The lowest BCUT2D eigenvalue weighted by molar-refractivity contribution is -0.121. The van der Waals surface area contributed by atoms with E-state index in [9.17, 15) is 4.79 Å². The standard InChI is InChI=1S/C11H23NO/c1-9(2)8-10(13)12-7-6-11(3,4)5/h9H,6-8H2,1-5H3,(H,12,13). The van der Waals surface area contributed by atoms with E-state index in [1.54, 1.807) is 0 Å². The Morgan fingerprint density at radius 1 is 1.31 bits per heavy atom. The molecule has 0 saturated carbocycles. The predicted octanol–water partition coefficient (Wildman–Crippen LogP) is 2.58. The molecule has 78 valence electrons. The quantitative estimate of drug-likeness (QED) is 0.716. The number of nitrogens with one attached hydrogen (secondary N) is 1. The molecule has 0 unspecified atom stereocenters. The van der Waals surface area contributed by atoms with Crippen LogP contribution in [0.4, 0.5) is 0 Å². The highest BCUT2D eigenvalue weighted by Gasteiger charge is 2.10. The third-order valence-electron chi connectivity index (χ3n) is 1.79. The van der Waals surface area contributed by atoms with Crippen LogP contribution in [0, 0.1) is 11.3 Å². The van der Waals surface area contributed by atoms with Gasteiger partial charge in [0.25, 0.3) is 0 Å². The van der Waals surface area contributed by atoms with Gasteiger partial charge in [-0.1, -0.05) is 34.6 Å². The number of amides is 1. The van der Waals surface area contributed by atoms with Crippen LogP contribution in [0.2, 0.25) is 0 Å². The first-order chi connectivity index (χ1) is 5.81. The molecule has 0 bridgehead atoms. The molecule has 0 aliphatic carbocycles. The predicted molar refractivity (Wildman–Crippen MR) is 56.5 cm³/mol. The Morgan fingerprint density at radius 3 is 2.23 bits per heavy atom. The first kappa shape index (κ1) is 12.5. The van der Waals surface area contributed by atoms with Crippen LogP contribution in [-0.2, 0) is 4.79 Å². The molecule has 0 aromatic carbocycles. The zero-order valence-corrected chi connectivity index (χ0v) is 9.61. The van der Waals surface area contributed by atoms with Crippen molar-refractivity contribution >= 4 is 5.91 Å². The van der Waals surface area contributed by atoms with Gasteiger partial charge in [0.05, 0.1) is 0 Å². The van der Waals surface area contributed by atoms with Crippen molar-refractivity contribution in [3.63, 3.8) is 0 Å². The lowest BCUT2D eigenvalue weighted by atomic mass is 9.92. The van der Waals surface area contributed by atoms with Gasteiger partial charge in [0, 0.05) is 13.0 Å². The van der Waals surface area contributed by atoms with E-state index in [2.05, 4.69) is 39.9 Å². The van der Waals surface area contributed by atoms with Crippen LogP contribution < -0.4 is 5.32 Å². The molecule has 0 atom stereocenters. The molecule has 0 radical (unpaired) electrons. The molecule has 0 spiro atoms. The topological polar surface area (TPSA) is 29.1 Å². The lowest BCUT2D eigenvalue weighted by Crippen LogP contribution is -2.27. The highest BCUT2D eigenvalue weighted by atomic mass is 16.1. The minimum Gasteiger partial charge on any atom is -0.356 e. The fourth-order valence-electron chi connectivity index (χ4n) is 1.02. The van der Waals surface area contributed by atoms with Crippen molar-refractivity contribution in [1.82, 2.24) is 5.32 Å². The van der Waals surface area contributed by atoms with Crippen LogP contribution in [0.3, 0.4) is 0 Å². The number of hydrogen-bond donors (Lipinski definition) is 1. The van der Waals surface area contributed by atoms with E-state index in [0.717, 1.165) is 13.0 Å². The highest BCUT2D eigenvalue weighted by molar-refractivity contribution is 5.75. The minimum absolute atomic E-state index is 0.180. The van der Waals surface area contributed by atoms with Crippen LogP contribution in [0.5, 0.6) is 0 Å².